The Hall–Kier alpha value is -1.86. The number of nitrogens with zero attached hydrogens (tertiary/aromatic N) is 1. The SMILES string of the molecule is CCOc1cc(C(=O)NC2CCN(C(=O)C(Cl)Cl)CC2)cc(OCC)c1OCC. The predicted octanol–water partition coefficient (Wildman–Crippen LogP) is 3.41. The first-order valence-electron chi connectivity index (χ1n) is 9.85. The standard InChI is InChI=1S/C20H28Cl2N2O5/c1-4-27-15-11-13(12-16(28-5-2)17(15)29-6-3)19(25)23-14-7-9-24(10-8-14)20(26)18(21)22/h11-12,14,18H,4-10H2,1-3H3,(H,23,25). The minimum atomic E-state index is -1.06. The molecule has 0 aliphatic carbocycles. The monoisotopic (exact) mass is 446 g/mol. The fourth-order valence-electron chi connectivity index (χ4n) is 3.17. The van der Waals surface area contributed by atoms with Crippen LogP contribution in [0.5, 0.6) is 17.2 Å². The molecule has 1 aromatic carbocycles. The maximum atomic E-state index is 12.8. The van der Waals surface area contributed by atoms with E-state index in [9.17, 15) is 9.59 Å². The second-order valence-electron chi connectivity index (χ2n) is 6.47. The molecule has 1 aliphatic heterocycles. The summed E-state index contributed by atoms with van der Waals surface area (Å²) in [5, 5.41) is 3.02. The first-order valence-corrected chi connectivity index (χ1v) is 10.7. The zero-order chi connectivity index (χ0) is 21.4. The summed E-state index contributed by atoms with van der Waals surface area (Å²) in [6.45, 7) is 7.92. The number of carbonyl (C=O) groups is 2. The van der Waals surface area contributed by atoms with Gasteiger partial charge in [-0.25, -0.2) is 0 Å². The van der Waals surface area contributed by atoms with Gasteiger partial charge in [0.15, 0.2) is 16.3 Å². The van der Waals surface area contributed by atoms with Crippen LogP contribution in [0, 0.1) is 0 Å². The van der Waals surface area contributed by atoms with Crippen molar-refractivity contribution in [3.05, 3.63) is 17.7 Å². The highest BCUT2D eigenvalue weighted by Crippen LogP contribution is 2.39. The van der Waals surface area contributed by atoms with Crippen molar-refractivity contribution in [2.24, 2.45) is 0 Å². The van der Waals surface area contributed by atoms with Crippen LogP contribution in [0.2, 0.25) is 0 Å². The van der Waals surface area contributed by atoms with E-state index in [-0.39, 0.29) is 17.9 Å². The lowest BCUT2D eigenvalue weighted by molar-refractivity contribution is -0.130. The Bertz CT molecular complexity index is 679. The van der Waals surface area contributed by atoms with Crippen molar-refractivity contribution in [1.82, 2.24) is 10.2 Å². The molecule has 7 nitrogen and oxygen atoms in total. The summed E-state index contributed by atoms with van der Waals surface area (Å²) in [7, 11) is 0. The first-order chi connectivity index (χ1) is 13.9. The number of likely N-dealkylation sites (tertiary alicyclic amines) is 1. The third-order valence-electron chi connectivity index (χ3n) is 4.50. The number of rotatable bonds is 9. The van der Waals surface area contributed by atoms with E-state index in [4.69, 9.17) is 37.4 Å². The molecule has 9 heteroatoms. The van der Waals surface area contributed by atoms with Gasteiger partial charge in [0.05, 0.1) is 19.8 Å². The molecule has 29 heavy (non-hydrogen) atoms. The highest BCUT2D eigenvalue weighted by atomic mass is 35.5. The van der Waals surface area contributed by atoms with Gasteiger partial charge in [0, 0.05) is 24.7 Å². The molecule has 0 unspecified atom stereocenters. The molecular weight excluding hydrogens is 419 g/mol. The maximum Gasteiger partial charge on any atom is 0.255 e. The number of piperidine rings is 1. The lowest BCUT2D eigenvalue weighted by Gasteiger charge is -2.32. The minimum absolute atomic E-state index is 0.0479. The van der Waals surface area contributed by atoms with E-state index in [1.165, 1.54) is 0 Å². The van der Waals surface area contributed by atoms with E-state index in [0.29, 0.717) is 68.6 Å². The highest BCUT2D eigenvalue weighted by Gasteiger charge is 2.27. The first kappa shape index (κ1) is 23.4. The molecule has 0 bridgehead atoms. The number of ether oxygens (including phenoxy) is 3. The van der Waals surface area contributed by atoms with Crippen LogP contribution in [0.1, 0.15) is 44.0 Å². The molecule has 162 valence electrons. The molecule has 1 N–H and O–H groups in total. The molecule has 1 aromatic rings. The summed E-state index contributed by atoms with van der Waals surface area (Å²) in [6, 6.07) is 3.28. The number of benzene rings is 1. The molecular formula is C20H28Cl2N2O5. The molecule has 2 amide bonds. The fraction of sp³-hybridized carbons (Fsp3) is 0.600. The van der Waals surface area contributed by atoms with Crippen molar-refractivity contribution in [2.75, 3.05) is 32.9 Å². The highest BCUT2D eigenvalue weighted by molar-refractivity contribution is 6.53. The summed E-state index contributed by atoms with van der Waals surface area (Å²) in [5.41, 5.74) is 0.431. The van der Waals surface area contributed by atoms with E-state index in [2.05, 4.69) is 5.32 Å². The van der Waals surface area contributed by atoms with Gasteiger partial charge in [-0.1, -0.05) is 23.2 Å². The number of carbonyl (C=O) groups excluding carboxylic acids is 2. The third kappa shape index (κ3) is 6.31. The molecule has 1 heterocycles. The van der Waals surface area contributed by atoms with Crippen molar-refractivity contribution in [1.29, 1.82) is 0 Å². The van der Waals surface area contributed by atoms with Gasteiger partial charge >= 0.3 is 0 Å². The molecule has 1 saturated heterocycles. The van der Waals surface area contributed by atoms with E-state index < -0.39 is 4.84 Å². The Kier molecular flexibility index (Phi) is 9.17. The average molecular weight is 447 g/mol. The Balaban J connectivity index is 2.11. The van der Waals surface area contributed by atoms with E-state index in [0.717, 1.165) is 0 Å². The van der Waals surface area contributed by atoms with Crippen LogP contribution < -0.4 is 19.5 Å². The number of hydrogen-bond acceptors (Lipinski definition) is 5. The normalized spacial score (nSPS) is 14.6. The summed E-state index contributed by atoms with van der Waals surface area (Å²) in [6.07, 6.45) is 1.26. The second-order valence-corrected chi connectivity index (χ2v) is 7.57. The second kappa shape index (κ2) is 11.4. The van der Waals surface area contributed by atoms with Crippen molar-refractivity contribution in [2.45, 2.75) is 44.5 Å². The molecule has 0 aromatic heterocycles. The van der Waals surface area contributed by atoms with Gasteiger partial charge in [0.1, 0.15) is 0 Å². The van der Waals surface area contributed by atoms with Crippen molar-refractivity contribution in [3.63, 3.8) is 0 Å². The van der Waals surface area contributed by atoms with Crippen molar-refractivity contribution < 1.29 is 23.8 Å². The molecule has 1 fully saturated rings. The summed E-state index contributed by atoms with van der Waals surface area (Å²) >= 11 is 11.3. The number of nitrogens with one attached hydrogen (secondary N) is 1. The summed E-state index contributed by atoms with van der Waals surface area (Å²) < 4.78 is 17.0. The fourth-order valence-corrected chi connectivity index (χ4v) is 3.45. The predicted molar refractivity (Wildman–Crippen MR) is 113 cm³/mol. The quantitative estimate of drug-likeness (QED) is 0.588. The minimum Gasteiger partial charge on any atom is -0.490 e. The van der Waals surface area contributed by atoms with Crippen LogP contribution in [-0.2, 0) is 4.79 Å². The van der Waals surface area contributed by atoms with Gasteiger partial charge in [-0.3, -0.25) is 9.59 Å². The molecule has 0 atom stereocenters. The number of hydrogen-bond donors (Lipinski definition) is 1. The van der Waals surface area contributed by atoms with Crippen LogP contribution in [0.25, 0.3) is 0 Å². The van der Waals surface area contributed by atoms with Crippen molar-refractivity contribution >= 4 is 35.0 Å². The molecule has 0 saturated carbocycles. The van der Waals surface area contributed by atoms with E-state index in [1.807, 2.05) is 20.8 Å². The van der Waals surface area contributed by atoms with Crippen LogP contribution in [-0.4, -0.2) is 60.5 Å². The zero-order valence-corrected chi connectivity index (χ0v) is 18.5. The van der Waals surface area contributed by atoms with Gasteiger partial charge in [-0.15, -0.1) is 0 Å². The van der Waals surface area contributed by atoms with Gasteiger partial charge in [-0.2, -0.15) is 0 Å². The average Bonchev–Trinajstić information content (AvgIpc) is 2.70. The molecule has 1 aliphatic rings. The third-order valence-corrected chi connectivity index (χ3v) is 4.87. The lowest BCUT2D eigenvalue weighted by atomic mass is 10.0. The molecule has 0 radical (unpaired) electrons. The van der Waals surface area contributed by atoms with Gasteiger partial charge in [0.25, 0.3) is 11.8 Å². The Morgan fingerprint density at radius 1 is 1.03 bits per heavy atom. The van der Waals surface area contributed by atoms with Gasteiger partial charge in [0.2, 0.25) is 5.75 Å². The van der Waals surface area contributed by atoms with Crippen LogP contribution in [0.4, 0.5) is 0 Å². The maximum absolute atomic E-state index is 12.8. The summed E-state index contributed by atoms with van der Waals surface area (Å²) in [5.74, 6) is 0.915. The van der Waals surface area contributed by atoms with E-state index >= 15 is 0 Å². The number of amides is 2. The molecule has 2 rings (SSSR count). The van der Waals surface area contributed by atoms with Gasteiger partial charge in [-0.05, 0) is 45.7 Å². The van der Waals surface area contributed by atoms with Crippen LogP contribution in [0.3, 0.4) is 0 Å². The van der Waals surface area contributed by atoms with Crippen LogP contribution >= 0.6 is 23.2 Å². The lowest BCUT2D eigenvalue weighted by Crippen LogP contribution is -2.47. The summed E-state index contributed by atoms with van der Waals surface area (Å²) in [4.78, 5) is 25.3. The Morgan fingerprint density at radius 3 is 2.00 bits per heavy atom. The number of halogens is 2. The smallest absolute Gasteiger partial charge is 0.255 e. The Labute approximate surface area is 181 Å². The molecule has 0 spiro atoms. The largest absolute Gasteiger partial charge is 0.490 e. The van der Waals surface area contributed by atoms with E-state index in [1.54, 1.807) is 17.0 Å². The topological polar surface area (TPSA) is 77.1 Å². The number of alkyl halides is 2. The van der Waals surface area contributed by atoms with Gasteiger partial charge < -0.3 is 24.4 Å². The Morgan fingerprint density at radius 2 is 1.55 bits per heavy atom. The van der Waals surface area contributed by atoms with Crippen LogP contribution in [0.15, 0.2) is 12.1 Å². The van der Waals surface area contributed by atoms with Crippen molar-refractivity contribution in [3.8, 4) is 17.2 Å². The zero-order valence-electron chi connectivity index (χ0n) is 17.0.